The number of halogens is 1. The molecule has 3 rings (SSSR count). The van der Waals surface area contributed by atoms with Gasteiger partial charge in [-0.2, -0.15) is 0 Å². The summed E-state index contributed by atoms with van der Waals surface area (Å²) in [6.07, 6.45) is 1.00. The van der Waals surface area contributed by atoms with Crippen molar-refractivity contribution in [2.75, 3.05) is 0 Å². The SMILES string of the molecule is O=c1cc(CSc2nnc(-c3ccccc3Cl)o2)occ1O. The van der Waals surface area contributed by atoms with Crippen LogP contribution in [0.1, 0.15) is 5.76 Å². The fraction of sp³-hybridized carbons (Fsp3) is 0.0714. The van der Waals surface area contributed by atoms with E-state index in [0.717, 1.165) is 6.26 Å². The highest BCUT2D eigenvalue weighted by Crippen LogP contribution is 2.29. The lowest BCUT2D eigenvalue weighted by atomic mass is 10.2. The fourth-order valence-electron chi connectivity index (χ4n) is 1.66. The molecular formula is C14H9ClN2O4S. The Morgan fingerprint density at radius 3 is 2.86 bits per heavy atom. The molecule has 1 N–H and O–H groups in total. The molecular weight excluding hydrogens is 328 g/mol. The minimum Gasteiger partial charge on any atom is -0.502 e. The molecule has 2 heterocycles. The average Bonchev–Trinajstić information content (AvgIpc) is 2.98. The molecule has 0 aliphatic carbocycles. The standard InChI is InChI=1S/C14H9ClN2O4S/c15-10-4-2-1-3-9(10)13-16-17-14(21-13)22-7-8-5-11(18)12(19)6-20-8/h1-6,19H,7H2. The summed E-state index contributed by atoms with van der Waals surface area (Å²) in [5.74, 6) is 0.609. The minimum atomic E-state index is -0.496. The molecule has 6 nitrogen and oxygen atoms in total. The summed E-state index contributed by atoms with van der Waals surface area (Å²) in [7, 11) is 0. The van der Waals surface area contributed by atoms with Crippen molar-refractivity contribution in [3.63, 3.8) is 0 Å². The van der Waals surface area contributed by atoms with Gasteiger partial charge in [0.1, 0.15) is 12.0 Å². The fourth-order valence-corrected chi connectivity index (χ4v) is 2.53. The van der Waals surface area contributed by atoms with Gasteiger partial charge in [-0.1, -0.05) is 35.5 Å². The molecule has 2 aromatic heterocycles. The van der Waals surface area contributed by atoms with Crippen LogP contribution in [0.4, 0.5) is 0 Å². The van der Waals surface area contributed by atoms with Gasteiger partial charge in [0, 0.05) is 6.07 Å². The highest BCUT2D eigenvalue weighted by molar-refractivity contribution is 7.98. The third-order valence-electron chi connectivity index (χ3n) is 2.72. The minimum absolute atomic E-state index is 0.319. The number of aromatic hydroxyl groups is 1. The molecule has 1 aromatic carbocycles. The van der Waals surface area contributed by atoms with Crippen molar-refractivity contribution in [2.24, 2.45) is 0 Å². The van der Waals surface area contributed by atoms with Gasteiger partial charge in [-0.15, -0.1) is 10.2 Å². The van der Waals surface area contributed by atoms with Crippen LogP contribution in [0.15, 0.2) is 55.4 Å². The number of benzene rings is 1. The Morgan fingerprint density at radius 2 is 2.09 bits per heavy atom. The topological polar surface area (TPSA) is 89.4 Å². The van der Waals surface area contributed by atoms with Crippen LogP contribution in [0.5, 0.6) is 5.75 Å². The Bertz CT molecular complexity index is 862. The van der Waals surface area contributed by atoms with Crippen LogP contribution in [-0.4, -0.2) is 15.3 Å². The highest BCUT2D eigenvalue weighted by atomic mass is 35.5. The number of hydrogen-bond acceptors (Lipinski definition) is 7. The Labute approximate surface area is 133 Å². The third-order valence-corrected chi connectivity index (χ3v) is 3.89. The Hall–Kier alpha value is -2.25. The Balaban J connectivity index is 1.73. The van der Waals surface area contributed by atoms with Crippen LogP contribution in [0, 0.1) is 0 Å². The average molecular weight is 337 g/mol. The summed E-state index contributed by atoms with van der Waals surface area (Å²) >= 11 is 7.28. The maximum absolute atomic E-state index is 11.3. The number of aromatic nitrogens is 2. The Morgan fingerprint density at radius 1 is 1.27 bits per heavy atom. The number of nitrogens with zero attached hydrogens (tertiary/aromatic N) is 2. The summed E-state index contributed by atoms with van der Waals surface area (Å²) in [4.78, 5) is 11.3. The van der Waals surface area contributed by atoms with Gasteiger partial charge in [0.15, 0.2) is 5.75 Å². The van der Waals surface area contributed by atoms with Gasteiger partial charge >= 0.3 is 0 Å². The molecule has 0 saturated carbocycles. The van der Waals surface area contributed by atoms with Crippen LogP contribution in [0.25, 0.3) is 11.5 Å². The van der Waals surface area contributed by atoms with Crippen LogP contribution in [0.2, 0.25) is 5.02 Å². The predicted molar refractivity (Wildman–Crippen MR) is 80.9 cm³/mol. The molecule has 8 heteroatoms. The summed E-state index contributed by atoms with van der Waals surface area (Å²) in [5, 5.41) is 17.8. The maximum Gasteiger partial charge on any atom is 0.277 e. The van der Waals surface area contributed by atoms with Gasteiger partial charge in [-0.05, 0) is 12.1 Å². The van der Waals surface area contributed by atoms with Crippen molar-refractivity contribution < 1.29 is 13.9 Å². The molecule has 0 aliphatic rings. The van der Waals surface area contributed by atoms with E-state index in [4.69, 9.17) is 25.5 Å². The van der Waals surface area contributed by atoms with Gasteiger partial charge in [0.05, 0.1) is 16.3 Å². The van der Waals surface area contributed by atoms with E-state index in [1.165, 1.54) is 17.8 Å². The van der Waals surface area contributed by atoms with E-state index in [0.29, 0.717) is 33.2 Å². The van der Waals surface area contributed by atoms with E-state index < -0.39 is 11.2 Å². The van der Waals surface area contributed by atoms with E-state index in [9.17, 15) is 4.79 Å². The molecule has 0 fully saturated rings. The second-order valence-corrected chi connectivity index (χ2v) is 5.57. The zero-order chi connectivity index (χ0) is 15.5. The lowest BCUT2D eigenvalue weighted by Gasteiger charge is -1.98. The van der Waals surface area contributed by atoms with Crippen molar-refractivity contribution in [1.29, 1.82) is 0 Å². The number of rotatable bonds is 4. The van der Waals surface area contributed by atoms with Crippen molar-refractivity contribution in [1.82, 2.24) is 10.2 Å². The molecule has 0 aliphatic heterocycles. The number of hydrogen-bond donors (Lipinski definition) is 1. The highest BCUT2D eigenvalue weighted by Gasteiger charge is 2.12. The van der Waals surface area contributed by atoms with Gasteiger partial charge in [0.2, 0.25) is 11.3 Å². The summed E-state index contributed by atoms with van der Waals surface area (Å²) in [6.45, 7) is 0. The molecule has 0 saturated heterocycles. The van der Waals surface area contributed by atoms with Crippen LogP contribution < -0.4 is 5.43 Å². The normalized spacial score (nSPS) is 10.8. The van der Waals surface area contributed by atoms with Crippen LogP contribution in [-0.2, 0) is 5.75 Å². The molecule has 0 unspecified atom stereocenters. The van der Waals surface area contributed by atoms with Crippen molar-refractivity contribution in [3.05, 3.63) is 57.6 Å². The maximum atomic E-state index is 11.3. The molecule has 0 amide bonds. The molecule has 112 valence electrons. The van der Waals surface area contributed by atoms with Crippen molar-refractivity contribution in [2.45, 2.75) is 11.0 Å². The first-order valence-corrected chi connectivity index (χ1v) is 7.52. The zero-order valence-corrected chi connectivity index (χ0v) is 12.6. The molecule has 3 aromatic rings. The van der Waals surface area contributed by atoms with E-state index in [2.05, 4.69) is 10.2 Å². The zero-order valence-electron chi connectivity index (χ0n) is 11.0. The van der Waals surface area contributed by atoms with E-state index in [1.807, 2.05) is 12.1 Å². The number of thioether (sulfide) groups is 1. The smallest absolute Gasteiger partial charge is 0.277 e. The first-order chi connectivity index (χ1) is 10.6. The van der Waals surface area contributed by atoms with Crippen molar-refractivity contribution in [3.8, 4) is 17.2 Å². The van der Waals surface area contributed by atoms with Gasteiger partial charge in [-0.3, -0.25) is 4.79 Å². The second kappa shape index (κ2) is 6.25. The molecule has 22 heavy (non-hydrogen) atoms. The van der Waals surface area contributed by atoms with Gasteiger partial charge in [0.25, 0.3) is 5.22 Å². The van der Waals surface area contributed by atoms with Gasteiger partial charge < -0.3 is 13.9 Å². The first kappa shape index (κ1) is 14.7. The summed E-state index contributed by atoms with van der Waals surface area (Å²) < 4.78 is 10.6. The lowest BCUT2D eigenvalue weighted by Crippen LogP contribution is -1.98. The second-order valence-electron chi connectivity index (χ2n) is 4.24. The monoisotopic (exact) mass is 336 g/mol. The summed E-state index contributed by atoms with van der Waals surface area (Å²) in [5.41, 5.74) is 0.156. The lowest BCUT2D eigenvalue weighted by molar-refractivity contribution is 0.418. The quantitative estimate of drug-likeness (QED) is 0.731. The van der Waals surface area contributed by atoms with Crippen LogP contribution in [0.3, 0.4) is 0 Å². The van der Waals surface area contributed by atoms with E-state index >= 15 is 0 Å². The Kier molecular flexibility index (Phi) is 4.17. The largest absolute Gasteiger partial charge is 0.502 e. The molecule has 0 radical (unpaired) electrons. The van der Waals surface area contributed by atoms with Crippen LogP contribution >= 0.6 is 23.4 Å². The van der Waals surface area contributed by atoms with E-state index in [1.54, 1.807) is 12.1 Å². The first-order valence-electron chi connectivity index (χ1n) is 6.15. The summed E-state index contributed by atoms with van der Waals surface area (Å²) in [6, 6.07) is 8.37. The molecule has 0 atom stereocenters. The molecule has 0 spiro atoms. The van der Waals surface area contributed by atoms with E-state index in [-0.39, 0.29) is 0 Å². The van der Waals surface area contributed by atoms with Gasteiger partial charge in [-0.25, -0.2) is 0 Å². The third kappa shape index (κ3) is 3.15. The molecule has 0 bridgehead atoms. The van der Waals surface area contributed by atoms with Crippen molar-refractivity contribution >= 4 is 23.4 Å². The predicted octanol–water partition coefficient (Wildman–Crippen LogP) is 3.34.